The van der Waals surface area contributed by atoms with Gasteiger partial charge in [-0.25, -0.2) is 4.90 Å². The Hall–Kier alpha value is -2.76. The van der Waals surface area contributed by atoms with E-state index in [1.807, 2.05) is 22.9 Å². The second-order valence-corrected chi connectivity index (χ2v) is 8.02. The Morgan fingerprint density at radius 2 is 1.82 bits per heavy atom. The van der Waals surface area contributed by atoms with Crippen LogP contribution < -0.4 is 4.90 Å². The topological polar surface area (TPSA) is 42.3 Å². The molecular formula is C22H17ClN2O2S. The molecule has 4 nitrogen and oxygen atoms in total. The first-order valence-corrected chi connectivity index (χ1v) is 9.92. The van der Waals surface area contributed by atoms with Crippen LogP contribution in [0.4, 0.5) is 10.5 Å². The molecule has 2 aromatic carbocycles. The molecular weight excluding hydrogens is 392 g/mol. The molecule has 2 heterocycles. The lowest BCUT2D eigenvalue weighted by Gasteiger charge is -2.13. The lowest BCUT2D eigenvalue weighted by Crippen LogP contribution is -2.27. The van der Waals surface area contributed by atoms with Crippen LogP contribution in [0, 0.1) is 13.8 Å². The molecule has 140 valence electrons. The molecule has 1 aromatic heterocycles. The van der Waals surface area contributed by atoms with Gasteiger partial charge in [0, 0.05) is 22.6 Å². The summed E-state index contributed by atoms with van der Waals surface area (Å²) >= 11 is 6.94. The highest BCUT2D eigenvalue weighted by molar-refractivity contribution is 8.19. The third kappa shape index (κ3) is 3.39. The van der Waals surface area contributed by atoms with E-state index in [1.165, 1.54) is 5.56 Å². The molecule has 2 amide bonds. The van der Waals surface area contributed by atoms with Crippen LogP contribution in [-0.2, 0) is 4.79 Å². The maximum absolute atomic E-state index is 12.9. The fourth-order valence-electron chi connectivity index (χ4n) is 3.25. The molecule has 0 atom stereocenters. The van der Waals surface area contributed by atoms with Gasteiger partial charge in [0.25, 0.3) is 11.1 Å². The SMILES string of the molecule is Cc1ccc(-n2cccc2/C=C2/SC(=O)N(c3cccc(Cl)c3)C2=O)c(C)c1. The van der Waals surface area contributed by atoms with Crippen molar-refractivity contribution in [2.24, 2.45) is 0 Å². The molecule has 28 heavy (non-hydrogen) atoms. The zero-order valence-electron chi connectivity index (χ0n) is 15.3. The maximum Gasteiger partial charge on any atom is 0.298 e. The number of carbonyl (C=O) groups is 2. The number of aryl methyl sites for hydroxylation is 2. The number of carbonyl (C=O) groups excluding carboxylic acids is 2. The zero-order valence-corrected chi connectivity index (χ0v) is 16.9. The Labute approximate surface area is 172 Å². The Balaban J connectivity index is 1.71. The molecule has 0 unspecified atom stereocenters. The quantitative estimate of drug-likeness (QED) is 0.500. The van der Waals surface area contributed by atoms with Crippen molar-refractivity contribution in [1.82, 2.24) is 4.57 Å². The highest BCUT2D eigenvalue weighted by atomic mass is 35.5. The van der Waals surface area contributed by atoms with Crippen LogP contribution in [0.3, 0.4) is 0 Å². The minimum Gasteiger partial charge on any atom is -0.317 e. The summed E-state index contributed by atoms with van der Waals surface area (Å²) in [6.45, 7) is 4.11. The second kappa shape index (κ2) is 7.34. The Morgan fingerprint density at radius 1 is 1.00 bits per heavy atom. The predicted molar refractivity (Wildman–Crippen MR) is 115 cm³/mol. The molecule has 1 fully saturated rings. The van der Waals surface area contributed by atoms with Crippen LogP contribution in [0.1, 0.15) is 16.8 Å². The van der Waals surface area contributed by atoms with E-state index in [0.29, 0.717) is 15.6 Å². The van der Waals surface area contributed by atoms with Gasteiger partial charge in [-0.3, -0.25) is 9.59 Å². The highest BCUT2D eigenvalue weighted by Crippen LogP contribution is 2.36. The monoisotopic (exact) mass is 408 g/mol. The molecule has 0 N–H and O–H groups in total. The molecule has 0 bridgehead atoms. The number of amides is 2. The summed E-state index contributed by atoms with van der Waals surface area (Å²) in [6.07, 6.45) is 3.71. The molecule has 0 aliphatic carbocycles. The fraction of sp³-hybridized carbons (Fsp3) is 0.0909. The average molecular weight is 409 g/mol. The summed E-state index contributed by atoms with van der Waals surface area (Å²) < 4.78 is 2.02. The molecule has 1 aliphatic heterocycles. The fourth-order valence-corrected chi connectivity index (χ4v) is 4.26. The van der Waals surface area contributed by atoms with Crippen LogP contribution in [0.2, 0.25) is 5.02 Å². The Kier molecular flexibility index (Phi) is 4.87. The average Bonchev–Trinajstić information content (AvgIpc) is 3.20. The normalized spacial score (nSPS) is 15.7. The Morgan fingerprint density at radius 3 is 2.57 bits per heavy atom. The molecule has 3 aromatic rings. The van der Waals surface area contributed by atoms with E-state index >= 15 is 0 Å². The van der Waals surface area contributed by atoms with Gasteiger partial charge < -0.3 is 4.57 Å². The van der Waals surface area contributed by atoms with Gasteiger partial charge in [0.05, 0.1) is 10.6 Å². The predicted octanol–water partition coefficient (Wildman–Crippen LogP) is 5.99. The summed E-state index contributed by atoms with van der Waals surface area (Å²) in [6, 6.07) is 16.8. The van der Waals surface area contributed by atoms with Gasteiger partial charge in [-0.2, -0.15) is 0 Å². The third-order valence-electron chi connectivity index (χ3n) is 4.53. The summed E-state index contributed by atoms with van der Waals surface area (Å²) in [5.74, 6) is -0.342. The number of imide groups is 1. The van der Waals surface area contributed by atoms with Crippen molar-refractivity contribution < 1.29 is 9.59 Å². The third-order valence-corrected chi connectivity index (χ3v) is 5.64. The van der Waals surface area contributed by atoms with Crippen molar-refractivity contribution >= 4 is 46.3 Å². The van der Waals surface area contributed by atoms with Gasteiger partial charge in [0.15, 0.2) is 0 Å². The van der Waals surface area contributed by atoms with E-state index in [1.54, 1.807) is 30.3 Å². The van der Waals surface area contributed by atoms with Crippen LogP contribution in [0.15, 0.2) is 65.7 Å². The van der Waals surface area contributed by atoms with E-state index in [4.69, 9.17) is 11.6 Å². The van der Waals surface area contributed by atoms with Gasteiger partial charge in [0.1, 0.15) is 0 Å². The van der Waals surface area contributed by atoms with Crippen LogP contribution in [0.5, 0.6) is 0 Å². The number of thioether (sulfide) groups is 1. The van der Waals surface area contributed by atoms with E-state index in [0.717, 1.165) is 33.6 Å². The number of anilines is 1. The standard InChI is InChI=1S/C22H17ClN2O2S/c1-14-8-9-19(15(2)11-14)24-10-4-7-17(24)13-20-21(26)25(22(27)28-20)18-6-3-5-16(23)12-18/h3-13H,1-2H3/b20-13+. The van der Waals surface area contributed by atoms with Crippen molar-refractivity contribution in [1.29, 1.82) is 0 Å². The summed E-state index contributed by atoms with van der Waals surface area (Å²) in [5, 5.41) is 0.146. The number of nitrogens with zero attached hydrogens (tertiary/aromatic N) is 2. The number of rotatable bonds is 3. The molecule has 0 saturated carbocycles. The maximum atomic E-state index is 12.9. The molecule has 6 heteroatoms. The van der Waals surface area contributed by atoms with E-state index in [2.05, 4.69) is 32.0 Å². The van der Waals surface area contributed by atoms with Gasteiger partial charge in [-0.05, 0) is 73.6 Å². The van der Waals surface area contributed by atoms with Crippen molar-refractivity contribution in [3.63, 3.8) is 0 Å². The first-order chi connectivity index (χ1) is 13.4. The van der Waals surface area contributed by atoms with Crippen molar-refractivity contribution in [3.05, 3.63) is 87.5 Å². The van der Waals surface area contributed by atoms with Gasteiger partial charge in [-0.15, -0.1) is 0 Å². The minimum absolute atomic E-state index is 0.330. The van der Waals surface area contributed by atoms with Gasteiger partial charge in [-0.1, -0.05) is 35.4 Å². The summed E-state index contributed by atoms with van der Waals surface area (Å²) in [4.78, 5) is 26.9. The number of benzene rings is 2. The Bertz CT molecular complexity index is 1130. The largest absolute Gasteiger partial charge is 0.317 e. The molecule has 0 spiro atoms. The van der Waals surface area contributed by atoms with Crippen molar-refractivity contribution in [2.45, 2.75) is 13.8 Å². The number of hydrogen-bond acceptors (Lipinski definition) is 3. The first kappa shape index (κ1) is 18.6. The number of hydrogen-bond donors (Lipinski definition) is 0. The van der Waals surface area contributed by atoms with Crippen LogP contribution >= 0.6 is 23.4 Å². The van der Waals surface area contributed by atoms with Crippen LogP contribution in [-0.4, -0.2) is 15.7 Å². The van der Waals surface area contributed by atoms with Gasteiger partial charge in [0.2, 0.25) is 0 Å². The smallest absolute Gasteiger partial charge is 0.298 e. The number of aromatic nitrogens is 1. The van der Waals surface area contributed by atoms with Gasteiger partial charge >= 0.3 is 0 Å². The zero-order chi connectivity index (χ0) is 19.8. The van der Waals surface area contributed by atoms with Crippen molar-refractivity contribution in [3.8, 4) is 5.69 Å². The lowest BCUT2D eigenvalue weighted by molar-refractivity contribution is -0.113. The second-order valence-electron chi connectivity index (χ2n) is 6.59. The van der Waals surface area contributed by atoms with E-state index in [9.17, 15) is 9.59 Å². The minimum atomic E-state index is -0.342. The van der Waals surface area contributed by atoms with E-state index in [-0.39, 0.29) is 11.1 Å². The summed E-state index contributed by atoms with van der Waals surface area (Å²) in [5.41, 5.74) is 4.68. The molecule has 4 rings (SSSR count). The highest BCUT2D eigenvalue weighted by Gasteiger charge is 2.36. The molecule has 0 radical (unpaired) electrons. The molecule has 1 saturated heterocycles. The van der Waals surface area contributed by atoms with Crippen molar-refractivity contribution in [2.75, 3.05) is 4.90 Å². The number of halogens is 1. The lowest BCUT2D eigenvalue weighted by atomic mass is 10.1. The van der Waals surface area contributed by atoms with Crippen LogP contribution in [0.25, 0.3) is 11.8 Å². The first-order valence-electron chi connectivity index (χ1n) is 8.72. The summed E-state index contributed by atoms with van der Waals surface area (Å²) in [7, 11) is 0. The molecule has 1 aliphatic rings. The van der Waals surface area contributed by atoms with E-state index < -0.39 is 0 Å².